The highest BCUT2D eigenvalue weighted by Crippen LogP contribution is 2.22. The predicted octanol–water partition coefficient (Wildman–Crippen LogP) is 2.06. The summed E-state index contributed by atoms with van der Waals surface area (Å²) < 4.78 is 5.56. The summed E-state index contributed by atoms with van der Waals surface area (Å²) >= 11 is 5.98. The van der Waals surface area contributed by atoms with Crippen molar-refractivity contribution in [3.05, 3.63) is 57.2 Å². The summed E-state index contributed by atoms with van der Waals surface area (Å²) in [4.78, 5) is 18.5. The lowest BCUT2D eigenvalue weighted by molar-refractivity contribution is 0.318. The van der Waals surface area contributed by atoms with E-state index in [1.54, 1.807) is 19.1 Å². The molecule has 0 aliphatic rings. The predicted molar refractivity (Wildman–Crippen MR) is 78.1 cm³/mol. The molecule has 6 heteroatoms. The van der Waals surface area contributed by atoms with Crippen molar-refractivity contribution in [2.45, 2.75) is 19.4 Å². The third-order valence-electron chi connectivity index (χ3n) is 2.71. The van der Waals surface area contributed by atoms with Gasteiger partial charge in [0.2, 0.25) is 0 Å². The number of nitrogens with zero attached hydrogens (tertiary/aromatic N) is 1. The van der Waals surface area contributed by atoms with Crippen molar-refractivity contribution in [2.24, 2.45) is 5.73 Å². The van der Waals surface area contributed by atoms with Gasteiger partial charge in [-0.15, -0.1) is 0 Å². The van der Waals surface area contributed by atoms with Crippen molar-refractivity contribution < 1.29 is 4.74 Å². The van der Waals surface area contributed by atoms with Crippen LogP contribution in [0.25, 0.3) is 0 Å². The van der Waals surface area contributed by atoms with Crippen molar-refractivity contribution in [3.63, 3.8) is 0 Å². The van der Waals surface area contributed by atoms with E-state index in [0.717, 1.165) is 0 Å². The van der Waals surface area contributed by atoms with Crippen LogP contribution >= 0.6 is 11.6 Å². The Bertz CT molecular complexity index is 640. The van der Waals surface area contributed by atoms with Crippen molar-refractivity contribution >= 4 is 11.6 Å². The average molecular weight is 294 g/mol. The molecule has 0 fully saturated rings. The molecule has 0 aliphatic carbocycles. The van der Waals surface area contributed by atoms with Crippen LogP contribution < -0.4 is 16.0 Å². The summed E-state index contributed by atoms with van der Waals surface area (Å²) in [6, 6.07) is 8.35. The fraction of sp³-hybridized carbons (Fsp3) is 0.286. The zero-order valence-electron chi connectivity index (χ0n) is 11.1. The molecule has 0 radical (unpaired) electrons. The van der Waals surface area contributed by atoms with Crippen molar-refractivity contribution in [1.29, 1.82) is 0 Å². The van der Waals surface area contributed by atoms with Gasteiger partial charge in [-0.05, 0) is 19.1 Å². The first-order valence-electron chi connectivity index (χ1n) is 6.29. The standard InChI is InChI=1S/C14H16ClN3O2/c1-9(16)11-8-14(19)18-13(17-11)6-7-20-12-5-3-2-4-10(12)15/h2-5,8-9H,6-7,16H2,1H3,(H,17,18,19). The Morgan fingerprint density at radius 3 is 2.90 bits per heavy atom. The summed E-state index contributed by atoms with van der Waals surface area (Å²) in [6.45, 7) is 2.15. The SMILES string of the molecule is CC(N)c1cc(=O)[nH]c(CCOc2ccccc2Cl)n1. The smallest absolute Gasteiger partial charge is 0.251 e. The van der Waals surface area contributed by atoms with E-state index in [1.807, 2.05) is 12.1 Å². The molecule has 3 N–H and O–H groups in total. The highest BCUT2D eigenvalue weighted by molar-refractivity contribution is 6.32. The maximum Gasteiger partial charge on any atom is 0.251 e. The van der Waals surface area contributed by atoms with Crippen molar-refractivity contribution in [1.82, 2.24) is 9.97 Å². The van der Waals surface area contributed by atoms with Crippen LogP contribution in [0.2, 0.25) is 5.02 Å². The maximum absolute atomic E-state index is 11.5. The number of hydrogen-bond donors (Lipinski definition) is 2. The van der Waals surface area contributed by atoms with E-state index in [-0.39, 0.29) is 11.6 Å². The first-order chi connectivity index (χ1) is 9.56. The molecule has 2 rings (SSSR count). The molecule has 0 aliphatic heterocycles. The largest absolute Gasteiger partial charge is 0.492 e. The highest BCUT2D eigenvalue weighted by Gasteiger charge is 2.06. The zero-order valence-corrected chi connectivity index (χ0v) is 11.9. The number of rotatable bonds is 5. The number of nitrogens with one attached hydrogen (secondary N) is 1. The van der Waals surface area contributed by atoms with Crippen LogP contribution in [-0.2, 0) is 6.42 Å². The Morgan fingerprint density at radius 2 is 2.20 bits per heavy atom. The minimum Gasteiger partial charge on any atom is -0.492 e. The molecule has 0 amide bonds. The highest BCUT2D eigenvalue weighted by atomic mass is 35.5. The fourth-order valence-corrected chi connectivity index (χ4v) is 1.89. The molecule has 2 aromatic rings. The lowest BCUT2D eigenvalue weighted by Crippen LogP contribution is -2.18. The van der Waals surface area contributed by atoms with Gasteiger partial charge in [0.25, 0.3) is 5.56 Å². The molecular weight excluding hydrogens is 278 g/mol. The van der Waals surface area contributed by atoms with Crippen LogP contribution in [0.1, 0.15) is 24.5 Å². The number of benzene rings is 1. The minimum absolute atomic E-state index is 0.208. The van der Waals surface area contributed by atoms with E-state index in [1.165, 1.54) is 6.07 Å². The number of aromatic nitrogens is 2. The number of halogens is 1. The van der Waals surface area contributed by atoms with Gasteiger partial charge in [0.15, 0.2) is 0 Å². The molecule has 1 atom stereocenters. The van der Waals surface area contributed by atoms with Crippen LogP contribution in [-0.4, -0.2) is 16.6 Å². The number of nitrogens with two attached hydrogens (primary N) is 1. The molecule has 1 unspecified atom stereocenters. The summed E-state index contributed by atoms with van der Waals surface area (Å²) in [7, 11) is 0. The molecule has 0 bridgehead atoms. The first kappa shape index (κ1) is 14.6. The Hall–Kier alpha value is -1.85. The summed E-state index contributed by atoms with van der Waals surface area (Å²) in [5, 5.41) is 0.554. The normalized spacial score (nSPS) is 12.2. The van der Waals surface area contributed by atoms with Crippen molar-refractivity contribution in [3.8, 4) is 5.75 Å². The Labute approximate surface area is 121 Å². The van der Waals surface area contributed by atoms with Gasteiger partial charge in [0.05, 0.1) is 17.3 Å². The summed E-state index contributed by atoms with van der Waals surface area (Å²) in [5.41, 5.74) is 6.09. The van der Waals surface area contributed by atoms with E-state index < -0.39 is 0 Å². The lowest BCUT2D eigenvalue weighted by atomic mass is 10.2. The van der Waals surface area contributed by atoms with Gasteiger partial charge in [-0.25, -0.2) is 4.98 Å². The van der Waals surface area contributed by atoms with Crippen LogP contribution in [0.3, 0.4) is 0 Å². The number of aromatic amines is 1. The fourth-order valence-electron chi connectivity index (χ4n) is 1.70. The van der Waals surface area contributed by atoms with E-state index in [9.17, 15) is 4.79 Å². The van der Waals surface area contributed by atoms with Crippen LogP contribution in [0.4, 0.5) is 0 Å². The van der Waals surface area contributed by atoms with Crippen LogP contribution in [0.5, 0.6) is 5.75 Å². The van der Waals surface area contributed by atoms with Gasteiger partial charge in [0, 0.05) is 18.5 Å². The molecule has 1 aromatic carbocycles. The Kier molecular flexibility index (Phi) is 4.76. The third-order valence-corrected chi connectivity index (χ3v) is 3.02. The maximum atomic E-state index is 11.5. The number of ether oxygens (including phenoxy) is 1. The van der Waals surface area contributed by atoms with Gasteiger partial charge in [-0.2, -0.15) is 0 Å². The average Bonchev–Trinajstić information content (AvgIpc) is 2.40. The summed E-state index contributed by atoms with van der Waals surface area (Å²) in [5.74, 6) is 1.16. The molecule has 0 saturated heterocycles. The second-order valence-corrected chi connectivity index (χ2v) is 4.84. The number of H-pyrrole nitrogens is 1. The van der Waals surface area contributed by atoms with E-state index in [4.69, 9.17) is 22.1 Å². The second kappa shape index (κ2) is 6.54. The van der Waals surface area contributed by atoms with Gasteiger partial charge in [-0.1, -0.05) is 23.7 Å². The van der Waals surface area contributed by atoms with Gasteiger partial charge in [-0.3, -0.25) is 4.79 Å². The summed E-state index contributed by atoms with van der Waals surface area (Å²) in [6.07, 6.45) is 0.473. The van der Waals surface area contributed by atoms with Crippen LogP contribution in [0, 0.1) is 0 Å². The second-order valence-electron chi connectivity index (χ2n) is 4.43. The van der Waals surface area contributed by atoms with Crippen molar-refractivity contribution in [2.75, 3.05) is 6.61 Å². The first-order valence-corrected chi connectivity index (χ1v) is 6.67. The molecule has 0 saturated carbocycles. The quantitative estimate of drug-likeness (QED) is 0.884. The molecule has 5 nitrogen and oxygen atoms in total. The molecule has 20 heavy (non-hydrogen) atoms. The Balaban J connectivity index is 2.01. The van der Waals surface area contributed by atoms with E-state index >= 15 is 0 Å². The van der Waals surface area contributed by atoms with E-state index in [0.29, 0.717) is 35.3 Å². The van der Waals surface area contributed by atoms with Gasteiger partial charge in [0.1, 0.15) is 11.6 Å². The Morgan fingerprint density at radius 1 is 1.45 bits per heavy atom. The molecule has 1 heterocycles. The monoisotopic (exact) mass is 293 g/mol. The van der Waals surface area contributed by atoms with Crippen LogP contribution in [0.15, 0.2) is 35.1 Å². The minimum atomic E-state index is -0.277. The molecular formula is C14H16ClN3O2. The van der Waals surface area contributed by atoms with Gasteiger partial charge < -0.3 is 15.5 Å². The number of hydrogen-bond acceptors (Lipinski definition) is 4. The zero-order chi connectivity index (χ0) is 14.5. The number of para-hydroxylation sites is 1. The third kappa shape index (κ3) is 3.82. The van der Waals surface area contributed by atoms with Gasteiger partial charge >= 0.3 is 0 Å². The molecule has 0 spiro atoms. The topological polar surface area (TPSA) is 81.0 Å². The van der Waals surface area contributed by atoms with E-state index in [2.05, 4.69) is 9.97 Å². The lowest BCUT2D eigenvalue weighted by Gasteiger charge is -2.09. The molecule has 106 valence electrons. The molecule has 1 aromatic heterocycles.